The van der Waals surface area contributed by atoms with E-state index in [1.807, 2.05) is 0 Å². The molecule has 0 saturated heterocycles. The Kier molecular flexibility index (Phi) is 1.71. The van der Waals surface area contributed by atoms with Gasteiger partial charge in [-0.1, -0.05) is 13.3 Å². The quantitative estimate of drug-likeness (QED) is 0.646. The lowest BCUT2D eigenvalue weighted by atomic mass is 9.99. The molecule has 0 aromatic carbocycles. The van der Waals surface area contributed by atoms with Crippen molar-refractivity contribution in [3.8, 4) is 0 Å². The molecular weight excluding hydrogens is 136 g/mol. The molecule has 0 aromatic rings. The molecule has 2 aliphatic carbocycles. The molecule has 2 fully saturated rings. The van der Waals surface area contributed by atoms with Crippen molar-refractivity contribution in [1.29, 1.82) is 0 Å². The molecule has 2 rings (SSSR count). The molecule has 0 bridgehead atoms. The molecule has 1 spiro atoms. The van der Waals surface area contributed by atoms with E-state index < -0.39 is 0 Å². The van der Waals surface area contributed by atoms with E-state index in [0.29, 0.717) is 17.9 Å². The maximum Gasteiger partial charge on any atom is 0.0464 e. The lowest BCUT2D eigenvalue weighted by Gasteiger charge is -2.07. The second-order valence-corrected chi connectivity index (χ2v) is 4.46. The first-order chi connectivity index (χ1) is 5.30. The standard InChI is InChI=1S/C10H18O/c1-2-8-3-4-10(5-8)6-9(10)7-11/h8-9,11H,2-7H2,1H3. The molecule has 3 atom stereocenters. The lowest BCUT2D eigenvalue weighted by molar-refractivity contribution is 0.247. The van der Waals surface area contributed by atoms with Crippen molar-refractivity contribution in [2.75, 3.05) is 6.61 Å². The third-order valence-electron chi connectivity index (χ3n) is 3.90. The predicted molar refractivity (Wildman–Crippen MR) is 45.3 cm³/mol. The molecule has 11 heavy (non-hydrogen) atoms. The van der Waals surface area contributed by atoms with E-state index in [4.69, 9.17) is 5.11 Å². The summed E-state index contributed by atoms with van der Waals surface area (Å²) < 4.78 is 0. The molecule has 64 valence electrons. The fourth-order valence-electron chi connectivity index (χ4n) is 2.87. The molecule has 1 N–H and O–H groups in total. The summed E-state index contributed by atoms with van der Waals surface area (Å²) in [6, 6.07) is 0. The van der Waals surface area contributed by atoms with Crippen LogP contribution in [0.15, 0.2) is 0 Å². The van der Waals surface area contributed by atoms with Crippen LogP contribution in [0, 0.1) is 17.3 Å². The highest BCUT2D eigenvalue weighted by Gasteiger charge is 2.56. The van der Waals surface area contributed by atoms with Crippen LogP contribution >= 0.6 is 0 Å². The van der Waals surface area contributed by atoms with Crippen molar-refractivity contribution in [2.45, 2.75) is 39.0 Å². The van der Waals surface area contributed by atoms with Gasteiger partial charge in [-0.3, -0.25) is 0 Å². The van der Waals surface area contributed by atoms with Crippen LogP contribution in [0.5, 0.6) is 0 Å². The van der Waals surface area contributed by atoms with E-state index in [1.54, 1.807) is 0 Å². The van der Waals surface area contributed by atoms with Gasteiger partial charge in [-0.05, 0) is 42.9 Å². The van der Waals surface area contributed by atoms with Crippen molar-refractivity contribution in [3.63, 3.8) is 0 Å². The predicted octanol–water partition coefficient (Wildman–Crippen LogP) is 2.20. The van der Waals surface area contributed by atoms with Crippen LogP contribution in [-0.2, 0) is 0 Å². The third-order valence-corrected chi connectivity index (χ3v) is 3.90. The van der Waals surface area contributed by atoms with E-state index in [1.165, 1.54) is 32.1 Å². The number of hydrogen-bond acceptors (Lipinski definition) is 1. The third kappa shape index (κ3) is 1.10. The van der Waals surface area contributed by atoms with Gasteiger partial charge in [0.25, 0.3) is 0 Å². The second-order valence-electron chi connectivity index (χ2n) is 4.46. The average molecular weight is 154 g/mol. The minimum Gasteiger partial charge on any atom is -0.396 e. The molecule has 2 saturated carbocycles. The Balaban J connectivity index is 1.91. The summed E-state index contributed by atoms with van der Waals surface area (Å²) in [5.41, 5.74) is 0.634. The van der Waals surface area contributed by atoms with Crippen molar-refractivity contribution in [2.24, 2.45) is 17.3 Å². The Bertz CT molecular complexity index is 151. The number of hydrogen-bond donors (Lipinski definition) is 1. The van der Waals surface area contributed by atoms with Crippen LogP contribution < -0.4 is 0 Å². The van der Waals surface area contributed by atoms with E-state index in [-0.39, 0.29) is 0 Å². The van der Waals surface area contributed by atoms with Gasteiger partial charge in [-0.2, -0.15) is 0 Å². The van der Waals surface area contributed by atoms with Gasteiger partial charge in [0.15, 0.2) is 0 Å². The highest BCUT2D eigenvalue weighted by molar-refractivity contribution is 5.06. The van der Waals surface area contributed by atoms with Gasteiger partial charge < -0.3 is 5.11 Å². The fraction of sp³-hybridized carbons (Fsp3) is 1.00. The van der Waals surface area contributed by atoms with E-state index in [0.717, 1.165) is 5.92 Å². The van der Waals surface area contributed by atoms with Gasteiger partial charge in [0.05, 0.1) is 0 Å². The molecule has 3 unspecified atom stereocenters. The topological polar surface area (TPSA) is 20.2 Å². The molecule has 0 aliphatic heterocycles. The van der Waals surface area contributed by atoms with Crippen molar-refractivity contribution >= 4 is 0 Å². The Labute approximate surface area is 68.8 Å². The van der Waals surface area contributed by atoms with E-state index in [2.05, 4.69) is 6.92 Å². The maximum atomic E-state index is 8.99. The van der Waals surface area contributed by atoms with Gasteiger partial charge >= 0.3 is 0 Å². The Morgan fingerprint density at radius 3 is 2.73 bits per heavy atom. The fourth-order valence-corrected chi connectivity index (χ4v) is 2.87. The minimum atomic E-state index is 0.441. The second kappa shape index (κ2) is 2.48. The number of aliphatic hydroxyl groups excluding tert-OH is 1. The van der Waals surface area contributed by atoms with E-state index >= 15 is 0 Å². The smallest absolute Gasteiger partial charge is 0.0464 e. The summed E-state index contributed by atoms with van der Waals surface area (Å²) in [5, 5.41) is 8.99. The first-order valence-electron chi connectivity index (χ1n) is 4.91. The monoisotopic (exact) mass is 154 g/mol. The summed E-state index contributed by atoms with van der Waals surface area (Å²) in [5.74, 6) is 1.66. The summed E-state index contributed by atoms with van der Waals surface area (Å²) in [6.07, 6.45) is 6.90. The molecule has 0 radical (unpaired) electrons. The maximum absolute atomic E-state index is 8.99. The zero-order valence-corrected chi connectivity index (χ0v) is 7.34. The molecular formula is C10H18O. The van der Waals surface area contributed by atoms with Crippen LogP contribution in [0.2, 0.25) is 0 Å². The first-order valence-corrected chi connectivity index (χ1v) is 4.91. The zero-order chi connectivity index (χ0) is 7.90. The van der Waals surface area contributed by atoms with Gasteiger partial charge in [-0.25, -0.2) is 0 Å². The van der Waals surface area contributed by atoms with Crippen molar-refractivity contribution < 1.29 is 5.11 Å². The number of rotatable bonds is 2. The molecule has 1 heteroatoms. The van der Waals surface area contributed by atoms with Crippen molar-refractivity contribution in [1.82, 2.24) is 0 Å². The molecule has 0 heterocycles. The van der Waals surface area contributed by atoms with Crippen molar-refractivity contribution in [3.05, 3.63) is 0 Å². The van der Waals surface area contributed by atoms with Gasteiger partial charge in [-0.15, -0.1) is 0 Å². The van der Waals surface area contributed by atoms with Gasteiger partial charge in [0.2, 0.25) is 0 Å². The molecule has 1 nitrogen and oxygen atoms in total. The largest absolute Gasteiger partial charge is 0.396 e. The first kappa shape index (κ1) is 7.60. The normalized spacial score (nSPS) is 48.5. The summed E-state index contributed by atoms with van der Waals surface area (Å²) in [7, 11) is 0. The van der Waals surface area contributed by atoms with Crippen LogP contribution in [0.25, 0.3) is 0 Å². The number of aliphatic hydroxyl groups is 1. The minimum absolute atomic E-state index is 0.441. The summed E-state index contributed by atoms with van der Waals surface area (Å²) in [4.78, 5) is 0. The van der Waals surface area contributed by atoms with Gasteiger partial charge in [0.1, 0.15) is 0 Å². The molecule has 2 aliphatic rings. The Hall–Kier alpha value is -0.0400. The summed E-state index contributed by atoms with van der Waals surface area (Å²) >= 11 is 0. The van der Waals surface area contributed by atoms with Crippen LogP contribution in [0.4, 0.5) is 0 Å². The Morgan fingerprint density at radius 2 is 2.27 bits per heavy atom. The Morgan fingerprint density at radius 1 is 1.45 bits per heavy atom. The zero-order valence-electron chi connectivity index (χ0n) is 7.34. The van der Waals surface area contributed by atoms with E-state index in [9.17, 15) is 0 Å². The van der Waals surface area contributed by atoms with Crippen LogP contribution in [0.1, 0.15) is 39.0 Å². The average Bonchev–Trinajstić information content (AvgIpc) is 2.53. The van der Waals surface area contributed by atoms with Crippen LogP contribution in [-0.4, -0.2) is 11.7 Å². The highest BCUT2D eigenvalue weighted by atomic mass is 16.3. The molecule has 0 aromatic heterocycles. The summed E-state index contributed by atoms with van der Waals surface area (Å²) in [6.45, 7) is 2.73. The van der Waals surface area contributed by atoms with Gasteiger partial charge in [0, 0.05) is 6.61 Å². The SMILES string of the molecule is CCC1CCC2(C1)CC2CO. The van der Waals surface area contributed by atoms with Crippen LogP contribution in [0.3, 0.4) is 0 Å². The lowest BCUT2D eigenvalue weighted by Crippen LogP contribution is -2.01. The molecule has 0 amide bonds. The highest BCUT2D eigenvalue weighted by Crippen LogP contribution is 2.64.